The molecule has 0 bridgehead atoms. The molecule has 130 valence electrons. The van der Waals surface area contributed by atoms with Crippen LogP contribution in [0.4, 0.5) is 0 Å². The average Bonchev–Trinajstić information content (AvgIpc) is 2.62. The van der Waals surface area contributed by atoms with Crippen LogP contribution < -0.4 is 0 Å². The maximum atomic E-state index is 12.4. The van der Waals surface area contributed by atoms with Crippen LogP contribution in [0.5, 0.6) is 0 Å². The van der Waals surface area contributed by atoms with Crippen LogP contribution in [0.3, 0.4) is 0 Å². The Morgan fingerprint density at radius 3 is 2.25 bits per heavy atom. The molecule has 0 aliphatic carbocycles. The van der Waals surface area contributed by atoms with Crippen molar-refractivity contribution in [2.24, 2.45) is 0 Å². The smallest absolute Gasteiger partial charge is 0.332 e. The van der Waals surface area contributed by atoms with Gasteiger partial charge in [0.2, 0.25) is 5.91 Å². The number of carbonyl (C=O) groups excluding carboxylic acids is 3. The largest absolute Gasteiger partial charge is 0.459 e. The molecule has 0 saturated carbocycles. The third-order valence-corrected chi connectivity index (χ3v) is 5.60. The normalized spacial score (nSPS) is 18.5. The van der Waals surface area contributed by atoms with E-state index in [2.05, 4.69) is 0 Å². The van der Waals surface area contributed by atoms with E-state index in [1.165, 1.54) is 13.8 Å². The van der Waals surface area contributed by atoms with E-state index >= 15 is 0 Å². The number of rotatable bonds is 4. The lowest BCUT2D eigenvalue weighted by atomic mass is 10.0. The van der Waals surface area contributed by atoms with Crippen LogP contribution in [0.15, 0.2) is 30.3 Å². The second kappa shape index (κ2) is 6.23. The first-order chi connectivity index (χ1) is 11.1. The van der Waals surface area contributed by atoms with Crippen molar-refractivity contribution in [2.75, 3.05) is 6.54 Å². The molecule has 9 heteroatoms. The minimum absolute atomic E-state index is 0.0401. The van der Waals surface area contributed by atoms with Gasteiger partial charge in [0.1, 0.15) is 18.7 Å². The molecule has 1 aromatic carbocycles. The molecule has 8 nitrogen and oxygen atoms in total. The van der Waals surface area contributed by atoms with Gasteiger partial charge in [-0.2, -0.15) is 8.42 Å². The van der Waals surface area contributed by atoms with Crippen LogP contribution in [0.1, 0.15) is 26.3 Å². The molecule has 0 N–H and O–H groups in total. The highest BCUT2D eigenvalue weighted by atomic mass is 32.2. The Hall–Kier alpha value is -2.42. The Kier molecular flexibility index (Phi) is 4.66. The Balaban J connectivity index is 2.12. The van der Waals surface area contributed by atoms with Gasteiger partial charge in [-0.3, -0.25) is 14.4 Å². The monoisotopic (exact) mass is 354 g/mol. The molecule has 1 aromatic rings. The summed E-state index contributed by atoms with van der Waals surface area (Å²) in [5.74, 6) is -2.53. The molecular weight excluding hydrogens is 336 g/mol. The summed E-state index contributed by atoms with van der Waals surface area (Å²) in [5.41, 5.74) is -0.850. The molecule has 0 unspecified atom stereocenters. The molecule has 1 aliphatic rings. The van der Waals surface area contributed by atoms with Crippen LogP contribution >= 0.6 is 0 Å². The predicted octanol–water partition coefficient (Wildman–Crippen LogP) is 0.444. The topological polar surface area (TPSA) is 101 Å². The zero-order valence-electron chi connectivity index (χ0n) is 13.6. The first-order valence-electron chi connectivity index (χ1n) is 7.16. The highest BCUT2D eigenvalue weighted by Gasteiger charge is 2.57. The summed E-state index contributed by atoms with van der Waals surface area (Å²) in [6, 6.07) is 8.83. The number of hydrogen-bond acceptors (Lipinski definition) is 6. The Morgan fingerprint density at radius 2 is 1.75 bits per heavy atom. The third kappa shape index (κ3) is 3.12. The van der Waals surface area contributed by atoms with Crippen molar-refractivity contribution in [3.05, 3.63) is 35.9 Å². The number of amides is 2. The lowest BCUT2D eigenvalue weighted by molar-refractivity contribution is -0.148. The molecule has 1 aliphatic heterocycles. The number of carbonyl (C=O) groups is 3. The summed E-state index contributed by atoms with van der Waals surface area (Å²) in [5, 5.41) is 0. The van der Waals surface area contributed by atoms with E-state index in [1.54, 1.807) is 30.3 Å². The summed E-state index contributed by atoms with van der Waals surface area (Å²) in [7, 11) is -4.40. The second-order valence-corrected chi connectivity index (χ2v) is 7.51. The van der Waals surface area contributed by atoms with E-state index in [4.69, 9.17) is 4.74 Å². The zero-order chi connectivity index (χ0) is 18.1. The van der Waals surface area contributed by atoms with Crippen molar-refractivity contribution in [1.82, 2.24) is 8.61 Å². The lowest BCUT2D eigenvalue weighted by Crippen LogP contribution is -2.46. The maximum Gasteiger partial charge on any atom is 0.332 e. The number of hydrogen-bond donors (Lipinski definition) is 0. The summed E-state index contributed by atoms with van der Waals surface area (Å²) < 4.78 is 30.6. The fourth-order valence-electron chi connectivity index (χ4n) is 2.49. The Labute approximate surface area is 140 Å². The van der Waals surface area contributed by atoms with Crippen molar-refractivity contribution < 1.29 is 27.5 Å². The molecule has 2 amide bonds. The number of esters is 1. The molecule has 0 atom stereocenters. The van der Waals surface area contributed by atoms with Gasteiger partial charge in [-0.15, -0.1) is 0 Å². The fourth-order valence-corrected chi connectivity index (χ4v) is 4.37. The van der Waals surface area contributed by atoms with Crippen LogP contribution in [0, 0.1) is 0 Å². The van der Waals surface area contributed by atoms with Crippen molar-refractivity contribution in [2.45, 2.75) is 32.9 Å². The molecule has 0 aromatic heterocycles. The molecule has 1 heterocycles. The van der Waals surface area contributed by atoms with E-state index in [-0.39, 0.29) is 6.61 Å². The first-order valence-corrected chi connectivity index (χ1v) is 8.56. The highest BCUT2D eigenvalue weighted by molar-refractivity contribution is 7.88. The van der Waals surface area contributed by atoms with Gasteiger partial charge < -0.3 is 4.74 Å². The predicted molar refractivity (Wildman–Crippen MR) is 83.5 cm³/mol. The minimum atomic E-state index is -4.40. The van der Waals surface area contributed by atoms with Gasteiger partial charge in [0, 0.05) is 6.92 Å². The third-order valence-electron chi connectivity index (χ3n) is 3.57. The lowest BCUT2D eigenvalue weighted by Gasteiger charge is -2.24. The van der Waals surface area contributed by atoms with E-state index < -0.39 is 40.1 Å². The van der Waals surface area contributed by atoms with Crippen LogP contribution in [-0.2, 0) is 35.9 Å². The Bertz CT molecular complexity index is 772. The van der Waals surface area contributed by atoms with Crippen LogP contribution in [-0.4, -0.2) is 46.9 Å². The van der Waals surface area contributed by atoms with E-state index in [0.29, 0.717) is 8.61 Å². The first kappa shape index (κ1) is 17.9. The SMILES string of the molecule is CC(=O)N1C(C)(C)C(=O)N(CC(=O)OCc2ccccc2)S1(=O)=O. The van der Waals surface area contributed by atoms with Crippen molar-refractivity contribution in [3.63, 3.8) is 0 Å². The van der Waals surface area contributed by atoms with Gasteiger partial charge >= 0.3 is 16.2 Å². The average molecular weight is 354 g/mol. The fraction of sp³-hybridized carbons (Fsp3) is 0.400. The highest BCUT2D eigenvalue weighted by Crippen LogP contribution is 2.32. The van der Waals surface area contributed by atoms with Crippen LogP contribution in [0.25, 0.3) is 0 Å². The van der Waals surface area contributed by atoms with Crippen molar-refractivity contribution in [3.8, 4) is 0 Å². The number of nitrogens with zero attached hydrogens (tertiary/aromatic N) is 2. The molecule has 0 spiro atoms. The van der Waals surface area contributed by atoms with Crippen molar-refractivity contribution >= 4 is 28.0 Å². The van der Waals surface area contributed by atoms with Gasteiger partial charge in [0.25, 0.3) is 5.91 Å². The molecule has 2 rings (SSSR count). The molecule has 24 heavy (non-hydrogen) atoms. The number of benzene rings is 1. The number of ether oxygens (including phenoxy) is 1. The molecule has 0 radical (unpaired) electrons. The van der Waals surface area contributed by atoms with Gasteiger partial charge in [0.05, 0.1) is 0 Å². The summed E-state index contributed by atoms with van der Waals surface area (Å²) in [4.78, 5) is 35.8. The van der Waals surface area contributed by atoms with Crippen LogP contribution in [0.2, 0.25) is 0 Å². The molecule has 1 fully saturated rings. The maximum absolute atomic E-state index is 12.4. The summed E-state index contributed by atoms with van der Waals surface area (Å²) >= 11 is 0. The molecule has 1 saturated heterocycles. The summed E-state index contributed by atoms with van der Waals surface area (Å²) in [6.07, 6.45) is 0. The molecular formula is C15H18N2O6S. The van der Waals surface area contributed by atoms with Gasteiger partial charge in [0.15, 0.2) is 0 Å². The van der Waals surface area contributed by atoms with Gasteiger partial charge in [-0.1, -0.05) is 30.3 Å². The van der Waals surface area contributed by atoms with Gasteiger partial charge in [-0.05, 0) is 19.4 Å². The van der Waals surface area contributed by atoms with Crippen molar-refractivity contribution in [1.29, 1.82) is 0 Å². The quantitative estimate of drug-likeness (QED) is 0.728. The van der Waals surface area contributed by atoms with Gasteiger partial charge in [-0.25, -0.2) is 8.61 Å². The standard InChI is InChI=1S/C15H18N2O6S/c1-11(18)17-15(2,3)14(20)16(24(17,21)22)9-13(19)23-10-12-7-5-4-6-8-12/h4-8H,9-10H2,1-3H3. The van der Waals surface area contributed by atoms with E-state index in [1.807, 2.05) is 0 Å². The van der Waals surface area contributed by atoms with E-state index in [9.17, 15) is 22.8 Å². The Morgan fingerprint density at radius 1 is 1.17 bits per heavy atom. The van der Waals surface area contributed by atoms with E-state index in [0.717, 1.165) is 12.5 Å². The summed E-state index contributed by atoms with van der Waals surface area (Å²) in [6.45, 7) is 2.85. The zero-order valence-corrected chi connectivity index (χ0v) is 14.4. The second-order valence-electron chi connectivity index (χ2n) is 5.81. The minimum Gasteiger partial charge on any atom is -0.459 e.